The van der Waals surface area contributed by atoms with Crippen molar-refractivity contribution in [1.29, 1.82) is 0 Å². The van der Waals surface area contributed by atoms with E-state index in [0.717, 1.165) is 18.7 Å². The summed E-state index contributed by atoms with van der Waals surface area (Å²) in [5, 5.41) is 5.05. The van der Waals surface area contributed by atoms with Crippen molar-refractivity contribution in [3.8, 4) is 0 Å². The molecule has 2 aromatic rings. The molecule has 2 aromatic carbocycles. The molecule has 0 spiro atoms. The molecular weight excluding hydrogens is 367 g/mol. The van der Waals surface area contributed by atoms with Gasteiger partial charge >= 0.3 is 0 Å². The second-order valence-corrected chi connectivity index (χ2v) is 7.18. The van der Waals surface area contributed by atoms with Crippen molar-refractivity contribution in [3.63, 3.8) is 0 Å². The molecule has 3 nitrogen and oxygen atoms in total. The highest BCUT2D eigenvalue weighted by atomic mass is 35.5. The number of likely N-dealkylation sites (N-methyl/N-ethyl adjacent to an activating group) is 1. The molecule has 0 aliphatic carbocycles. The Morgan fingerprint density at radius 1 is 1.04 bits per heavy atom. The number of halogens is 3. The summed E-state index contributed by atoms with van der Waals surface area (Å²) in [6.07, 6.45) is 0. The van der Waals surface area contributed by atoms with Crippen LogP contribution in [0, 0.1) is 0 Å². The van der Waals surface area contributed by atoms with E-state index in [0.29, 0.717) is 20.6 Å². The summed E-state index contributed by atoms with van der Waals surface area (Å²) in [5.74, 6) is 0.145. The maximum absolute atomic E-state index is 12.7. The molecule has 24 heavy (non-hydrogen) atoms. The second kappa shape index (κ2) is 7.32. The minimum atomic E-state index is -0.0228. The average molecular weight is 384 g/mol. The largest absolute Gasteiger partial charge is 0.337 e. The second-order valence-electron chi connectivity index (χ2n) is 5.93. The topological polar surface area (TPSA) is 32.3 Å². The zero-order chi connectivity index (χ0) is 17.3. The summed E-state index contributed by atoms with van der Waals surface area (Å²) in [7, 11) is 1.83. The van der Waals surface area contributed by atoms with E-state index >= 15 is 0 Å². The van der Waals surface area contributed by atoms with Gasteiger partial charge in [0.25, 0.3) is 5.91 Å². The van der Waals surface area contributed by atoms with Crippen LogP contribution in [0.15, 0.2) is 42.5 Å². The highest BCUT2D eigenvalue weighted by Crippen LogP contribution is 2.31. The van der Waals surface area contributed by atoms with Crippen molar-refractivity contribution in [1.82, 2.24) is 10.2 Å². The first-order chi connectivity index (χ1) is 11.5. The van der Waals surface area contributed by atoms with Gasteiger partial charge in [0, 0.05) is 36.6 Å². The van der Waals surface area contributed by atoms with Crippen LogP contribution in [-0.2, 0) is 0 Å². The highest BCUT2D eigenvalue weighted by molar-refractivity contribution is 6.42. The first-order valence-electron chi connectivity index (χ1n) is 7.66. The molecule has 0 bridgehead atoms. The zero-order valence-electron chi connectivity index (χ0n) is 13.1. The molecule has 126 valence electrons. The van der Waals surface area contributed by atoms with Crippen molar-refractivity contribution < 1.29 is 4.79 Å². The van der Waals surface area contributed by atoms with Gasteiger partial charge in [-0.05, 0) is 42.0 Å². The minimum absolute atomic E-state index is 0.0228. The van der Waals surface area contributed by atoms with Crippen LogP contribution in [0.1, 0.15) is 21.8 Å². The maximum Gasteiger partial charge on any atom is 0.253 e. The summed E-state index contributed by atoms with van der Waals surface area (Å²) in [6, 6.07) is 12.7. The molecular formula is C18H17Cl3N2O. The Balaban J connectivity index is 1.82. The van der Waals surface area contributed by atoms with Gasteiger partial charge in [-0.1, -0.05) is 40.9 Å². The fourth-order valence-electron chi connectivity index (χ4n) is 3.10. The van der Waals surface area contributed by atoms with Gasteiger partial charge in [0.1, 0.15) is 0 Å². The van der Waals surface area contributed by atoms with E-state index in [4.69, 9.17) is 34.8 Å². The molecule has 1 amide bonds. The minimum Gasteiger partial charge on any atom is -0.337 e. The van der Waals surface area contributed by atoms with Gasteiger partial charge in [-0.2, -0.15) is 0 Å². The van der Waals surface area contributed by atoms with Gasteiger partial charge in [-0.15, -0.1) is 0 Å². The summed E-state index contributed by atoms with van der Waals surface area (Å²) in [6.45, 7) is 1.53. The number of rotatable bonds is 3. The van der Waals surface area contributed by atoms with Gasteiger partial charge in [0.05, 0.1) is 16.1 Å². The van der Waals surface area contributed by atoms with Gasteiger partial charge in [0.2, 0.25) is 0 Å². The van der Waals surface area contributed by atoms with Crippen LogP contribution in [-0.4, -0.2) is 37.0 Å². The Kier molecular flexibility index (Phi) is 5.36. The van der Waals surface area contributed by atoms with E-state index in [1.54, 1.807) is 35.2 Å². The van der Waals surface area contributed by atoms with Crippen LogP contribution in [0.4, 0.5) is 0 Å². The quantitative estimate of drug-likeness (QED) is 0.848. The molecule has 2 unspecified atom stereocenters. The smallest absolute Gasteiger partial charge is 0.253 e. The Bertz CT molecular complexity index is 748. The molecule has 1 saturated heterocycles. The normalized spacial score (nSPS) is 20.2. The van der Waals surface area contributed by atoms with Crippen molar-refractivity contribution in [2.75, 3.05) is 20.1 Å². The average Bonchev–Trinajstić information content (AvgIpc) is 3.06. The number of hydrogen-bond acceptors (Lipinski definition) is 2. The lowest BCUT2D eigenvalue weighted by molar-refractivity contribution is 0.0732. The van der Waals surface area contributed by atoms with E-state index < -0.39 is 0 Å². The maximum atomic E-state index is 12.7. The molecule has 0 saturated carbocycles. The standard InChI is InChI=1S/C18H17Cl3N2O/c1-23(18(24)11-2-5-13(19)6-3-11)17-10-22-9-14(17)12-4-7-15(20)16(21)8-12/h2-8,14,17,22H,9-10H2,1H3. The van der Waals surface area contributed by atoms with Crippen LogP contribution in [0.25, 0.3) is 0 Å². The molecule has 3 rings (SSSR count). The Morgan fingerprint density at radius 2 is 1.75 bits per heavy atom. The lowest BCUT2D eigenvalue weighted by Gasteiger charge is -2.29. The van der Waals surface area contributed by atoms with Crippen molar-refractivity contribution in [2.24, 2.45) is 0 Å². The Morgan fingerprint density at radius 3 is 2.42 bits per heavy atom. The molecule has 0 radical (unpaired) electrons. The Labute approximate surface area is 156 Å². The van der Waals surface area contributed by atoms with E-state index in [9.17, 15) is 4.79 Å². The highest BCUT2D eigenvalue weighted by Gasteiger charge is 2.34. The number of benzene rings is 2. The monoisotopic (exact) mass is 382 g/mol. The third kappa shape index (κ3) is 3.55. The van der Waals surface area contributed by atoms with Crippen molar-refractivity contribution in [2.45, 2.75) is 12.0 Å². The molecule has 1 fully saturated rings. The van der Waals surface area contributed by atoms with Crippen LogP contribution in [0.2, 0.25) is 15.1 Å². The van der Waals surface area contributed by atoms with Gasteiger partial charge in [0.15, 0.2) is 0 Å². The predicted molar refractivity (Wildman–Crippen MR) is 99.4 cm³/mol. The van der Waals surface area contributed by atoms with Crippen molar-refractivity contribution in [3.05, 3.63) is 68.7 Å². The fraction of sp³-hybridized carbons (Fsp3) is 0.278. The molecule has 0 aromatic heterocycles. The van der Waals surface area contributed by atoms with Crippen LogP contribution in [0.5, 0.6) is 0 Å². The molecule has 1 aliphatic heterocycles. The summed E-state index contributed by atoms with van der Waals surface area (Å²) in [4.78, 5) is 14.5. The van der Waals surface area contributed by atoms with Gasteiger partial charge in [-0.3, -0.25) is 4.79 Å². The molecule has 1 aliphatic rings. The summed E-state index contributed by atoms with van der Waals surface area (Å²) in [5.41, 5.74) is 1.71. The molecule has 6 heteroatoms. The third-order valence-corrected chi connectivity index (χ3v) is 5.45. The lowest BCUT2D eigenvalue weighted by Crippen LogP contribution is -2.41. The lowest BCUT2D eigenvalue weighted by atomic mass is 9.93. The number of carbonyl (C=O) groups excluding carboxylic acids is 1. The van der Waals surface area contributed by atoms with Crippen molar-refractivity contribution >= 4 is 40.7 Å². The van der Waals surface area contributed by atoms with E-state index in [2.05, 4.69) is 5.32 Å². The number of nitrogens with one attached hydrogen (secondary N) is 1. The SMILES string of the molecule is CN(C(=O)c1ccc(Cl)cc1)C1CNCC1c1ccc(Cl)c(Cl)c1. The molecule has 1 N–H and O–H groups in total. The van der Waals surface area contributed by atoms with E-state index in [1.165, 1.54) is 0 Å². The van der Waals surface area contributed by atoms with Crippen LogP contribution < -0.4 is 5.32 Å². The fourth-order valence-corrected chi connectivity index (χ4v) is 3.53. The predicted octanol–water partition coefficient (Wildman–Crippen LogP) is 4.47. The number of carbonyl (C=O) groups is 1. The van der Waals surface area contributed by atoms with Gasteiger partial charge in [-0.25, -0.2) is 0 Å². The number of amides is 1. The summed E-state index contributed by atoms with van der Waals surface area (Å²) < 4.78 is 0. The van der Waals surface area contributed by atoms with Crippen LogP contribution >= 0.6 is 34.8 Å². The van der Waals surface area contributed by atoms with Crippen LogP contribution in [0.3, 0.4) is 0 Å². The Hall–Kier alpha value is -1.26. The van der Waals surface area contributed by atoms with E-state index in [1.807, 2.05) is 19.2 Å². The zero-order valence-corrected chi connectivity index (χ0v) is 15.4. The first kappa shape index (κ1) is 17.6. The molecule has 2 atom stereocenters. The summed E-state index contributed by atoms with van der Waals surface area (Å²) >= 11 is 18.0. The molecule has 1 heterocycles. The first-order valence-corrected chi connectivity index (χ1v) is 8.79. The van der Waals surface area contributed by atoms with Gasteiger partial charge < -0.3 is 10.2 Å². The number of nitrogens with zero attached hydrogens (tertiary/aromatic N) is 1. The third-order valence-electron chi connectivity index (χ3n) is 4.46. The number of hydrogen-bond donors (Lipinski definition) is 1. The van der Waals surface area contributed by atoms with E-state index in [-0.39, 0.29) is 17.9 Å².